The van der Waals surface area contributed by atoms with Crippen LogP contribution >= 0.6 is 0 Å². The molecule has 3 rings (SSSR count). The van der Waals surface area contributed by atoms with Crippen LogP contribution < -0.4 is 4.72 Å². The average molecular weight is 362 g/mol. The van der Waals surface area contributed by atoms with Gasteiger partial charge in [0.15, 0.2) is 0 Å². The third-order valence-corrected chi connectivity index (χ3v) is 5.95. The highest BCUT2D eigenvalue weighted by molar-refractivity contribution is 7.89. The van der Waals surface area contributed by atoms with Gasteiger partial charge < -0.3 is 9.32 Å². The molecule has 1 saturated heterocycles. The van der Waals surface area contributed by atoms with E-state index in [1.807, 2.05) is 13.0 Å². The largest absolute Gasteiger partial charge is 0.472 e. The number of aryl methyl sites for hydroxylation is 1. The van der Waals surface area contributed by atoms with Crippen LogP contribution in [-0.2, 0) is 10.0 Å². The zero-order valence-electron chi connectivity index (χ0n) is 14.1. The molecule has 2 heterocycles. The number of benzene rings is 1. The van der Waals surface area contributed by atoms with Gasteiger partial charge in [-0.1, -0.05) is 12.1 Å². The molecular weight excluding hydrogens is 340 g/mol. The van der Waals surface area contributed by atoms with Gasteiger partial charge in [-0.2, -0.15) is 0 Å². The normalized spacial score (nSPS) is 16.1. The number of furan rings is 1. The lowest BCUT2D eigenvalue weighted by atomic mass is 9.97. The number of carbonyl (C=O) groups is 1. The number of sulfonamides is 1. The molecule has 0 spiro atoms. The van der Waals surface area contributed by atoms with E-state index in [9.17, 15) is 13.2 Å². The first-order chi connectivity index (χ1) is 12.0. The number of piperidine rings is 1. The second-order valence-electron chi connectivity index (χ2n) is 6.42. The molecular formula is C18H22N2O4S. The summed E-state index contributed by atoms with van der Waals surface area (Å²) in [7, 11) is -3.49. The molecule has 1 aromatic heterocycles. The van der Waals surface area contributed by atoms with Crippen LogP contribution in [0.4, 0.5) is 0 Å². The Hall–Kier alpha value is -2.12. The average Bonchev–Trinajstić information content (AvgIpc) is 3.14. The summed E-state index contributed by atoms with van der Waals surface area (Å²) in [5.41, 5.74) is 1.47. The van der Waals surface area contributed by atoms with E-state index in [4.69, 9.17) is 4.42 Å². The Morgan fingerprint density at radius 3 is 2.68 bits per heavy atom. The maximum absolute atomic E-state index is 12.4. The first kappa shape index (κ1) is 17.7. The van der Waals surface area contributed by atoms with Crippen LogP contribution in [0.3, 0.4) is 0 Å². The lowest BCUT2D eigenvalue weighted by molar-refractivity contribution is 0.0691. The Morgan fingerprint density at radius 2 is 2.04 bits per heavy atom. The highest BCUT2D eigenvalue weighted by Crippen LogP contribution is 2.20. The van der Waals surface area contributed by atoms with E-state index in [-0.39, 0.29) is 11.8 Å². The summed E-state index contributed by atoms with van der Waals surface area (Å²) >= 11 is 0. The number of amides is 1. The van der Waals surface area contributed by atoms with E-state index in [1.165, 1.54) is 12.5 Å². The minimum Gasteiger partial charge on any atom is -0.472 e. The van der Waals surface area contributed by atoms with Gasteiger partial charge in [0, 0.05) is 19.6 Å². The maximum atomic E-state index is 12.4. The Labute approximate surface area is 147 Å². The quantitative estimate of drug-likeness (QED) is 0.886. The van der Waals surface area contributed by atoms with Crippen molar-refractivity contribution in [1.29, 1.82) is 0 Å². The van der Waals surface area contributed by atoms with Crippen molar-refractivity contribution < 1.29 is 17.6 Å². The van der Waals surface area contributed by atoms with Crippen LogP contribution in [0.15, 0.2) is 52.2 Å². The third kappa shape index (κ3) is 4.29. The predicted octanol–water partition coefficient (Wildman–Crippen LogP) is 2.42. The molecule has 1 aromatic carbocycles. The summed E-state index contributed by atoms with van der Waals surface area (Å²) in [6.07, 6.45) is 4.49. The minimum atomic E-state index is -3.49. The van der Waals surface area contributed by atoms with E-state index in [0.29, 0.717) is 30.1 Å². The van der Waals surface area contributed by atoms with E-state index >= 15 is 0 Å². The molecule has 7 heteroatoms. The molecule has 1 aliphatic rings. The Balaban J connectivity index is 1.52. The summed E-state index contributed by atoms with van der Waals surface area (Å²) in [6, 6.07) is 8.52. The molecule has 1 fully saturated rings. The van der Waals surface area contributed by atoms with E-state index in [1.54, 1.807) is 29.2 Å². The zero-order valence-corrected chi connectivity index (χ0v) is 15.0. The third-order valence-electron chi connectivity index (χ3n) is 4.53. The van der Waals surface area contributed by atoms with Crippen molar-refractivity contribution in [2.75, 3.05) is 19.6 Å². The predicted molar refractivity (Wildman–Crippen MR) is 93.7 cm³/mol. The van der Waals surface area contributed by atoms with Gasteiger partial charge in [0.1, 0.15) is 6.26 Å². The molecule has 1 aliphatic heterocycles. The molecule has 2 aromatic rings. The van der Waals surface area contributed by atoms with Crippen molar-refractivity contribution in [3.05, 3.63) is 54.0 Å². The van der Waals surface area contributed by atoms with Gasteiger partial charge in [-0.05, 0) is 49.4 Å². The first-order valence-corrected chi connectivity index (χ1v) is 9.82. The summed E-state index contributed by atoms with van der Waals surface area (Å²) < 4.78 is 32.4. The van der Waals surface area contributed by atoms with Crippen LogP contribution in [0, 0.1) is 12.8 Å². The number of hydrogen-bond donors (Lipinski definition) is 1. The maximum Gasteiger partial charge on any atom is 0.257 e. The summed E-state index contributed by atoms with van der Waals surface area (Å²) in [5, 5.41) is 0. The highest BCUT2D eigenvalue weighted by atomic mass is 32.2. The van der Waals surface area contributed by atoms with Gasteiger partial charge in [0.25, 0.3) is 5.91 Å². The Bertz CT molecular complexity index is 823. The summed E-state index contributed by atoms with van der Waals surface area (Å²) in [6.45, 7) is 3.51. The molecule has 0 atom stereocenters. The molecule has 0 radical (unpaired) electrons. The fourth-order valence-electron chi connectivity index (χ4n) is 3.00. The van der Waals surface area contributed by atoms with E-state index in [0.717, 1.165) is 18.4 Å². The van der Waals surface area contributed by atoms with Crippen molar-refractivity contribution in [2.45, 2.75) is 24.7 Å². The molecule has 1 N–H and O–H groups in total. The van der Waals surface area contributed by atoms with Crippen LogP contribution in [0.25, 0.3) is 0 Å². The number of nitrogens with one attached hydrogen (secondary N) is 1. The minimum absolute atomic E-state index is 0.0347. The fourth-order valence-corrected chi connectivity index (χ4v) is 4.22. The number of hydrogen-bond acceptors (Lipinski definition) is 4. The van der Waals surface area contributed by atoms with Gasteiger partial charge in [-0.25, -0.2) is 13.1 Å². The van der Waals surface area contributed by atoms with E-state index < -0.39 is 10.0 Å². The van der Waals surface area contributed by atoms with Crippen LogP contribution in [0.1, 0.15) is 28.8 Å². The molecule has 25 heavy (non-hydrogen) atoms. The van der Waals surface area contributed by atoms with Gasteiger partial charge in [0.05, 0.1) is 16.7 Å². The van der Waals surface area contributed by atoms with Crippen molar-refractivity contribution in [3.8, 4) is 0 Å². The number of rotatable bonds is 5. The lowest BCUT2D eigenvalue weighted by Gasteiger charge is -2.31. The van der Waals surface area contributed by atoms with Crippen molar-refractivity contribution >= 4 is 15.9 Å². The summed E-state index contributed by atoms with van der Waals surface area (Å²) in [5.74, 6) is 0.195. The second kappa shape index (κ2) is 7.41. The molecule has 0 aliphatic carbocycles. The second-order valence-corrected chi connectivity index (χ2v) is 8.18. The van der Waals surface area contributed by atoms with Crippen molar-refractivity contribution in [1.82, 2.24) is 9.62 Å². The Kier molecular flexibility index (Phi) is 5.24. The van der Waals surface area contributed by atoms with Crippen LogP contribution in [0.5, 0.6) is 0 Å². The fraction of sp³-hybridized carbons (Fsp3) is 0.389. The first-order valence-electron chi connectivity index (χ1n) is 8.33. The zero-order chi connectivity index (χ0) is 17.9. The van der Waals surface area contributed by atoms with Gasteiger partial charge in [-0.3, -0.25) is 4.79 Å². The van der Waals surface area contributed by atoms with E-state index in [2.05, 4.69) is 4.72 Å². The molecule has 0 saturated carbocycles. The number of nitrogens with zero attached hydrogens (tertiary/aromatic N) is 1. The lowest BCUT2D eigenvalue weighted by Crippen LogP contribution is -2.41. The molecule has 0 bridgehead atoms. The SMILES string of the molecule is Cc1cccc(S(=O)(=O)NCC2CCN(C(=O)c3ccoc3)CC2)c1. The molecule has 134 valence electrons. The standard InChI is InChI=1S/C18H22N2O4S/c1-14-3-2-4-17(11-14)25(22,23)19-12-15-5-8-20(9-6-15)18(21)16-7-10-24-13-16/h2-4,7,10-11,13,15,19H,5-6,8-9,12H2,1H3. The highest BCUT2D eigenvalue weighted by Gasteiger charge is 2.25. The topological polar surface area (TPSA) is 79.6 Å². The Morgan fingerprint density at radius 1 is 1.28 bits per heavy atom. The molecule has 0 unspecified atom stereocenters. The number of likely N-dealkylation sites (tertiary alicyclic amines) is 1. The number of carbonyl (C=O) groups excluding carboxylic acids is 1. The van der Waals surface area contributed by atoms with Crippen molar-refractivity contribution in [3.63, 3.8) is 0 Å². The monoisotopic (exact) mass is 362 g/mol. The molecule has 1 amide bonds. The van der Waals surface area contributed by atoms with Crippen LogP contribution in [-0.4, -0.2) is 38.9 Å². The summed E-state index contributed by atoms with van der Waals surface area (Å²) in [4.78, 5) is 14.3. The molecule has 6 nitrogen and oxygen atoms in total. The van der Waals surface area contributed by atoms with Gasteiger partial charge in [0.2, 0.25) is 10.0 Å². The van der Waals surface area contributed by atoms with Crippen LogP contribution in [0.2, 0.25) is 0 Å². The smallest absolute Gasteiger partial charge is 0.257 e. The van der Waals surface area contributed by atoms with Crippen molar-refractivity contribution in [2.24, 2.45) is 5.92 Å². The van der Waals surface area contributed by atoms with Gasteiger partial charge >= 0.3 is 0 Å². The van der Waals surface area contributed by atoms with Gasteiger partial charge in [-0.15, -0.1) is 0 Å².